The van der Waals surface area contributed by atoms with Gasteiger partial charge in [0.25, 0.3) is 0 Å². The molecular weight excluding hydrogens is 242 g/mol. The van der Waals surface area contributed by atoms with Crippen molar-refractivity contribution in [3.05, 3.63) is 16.7 Å². The van der Waals surface area contributed by atoms with Gasteiger partial charge in [-0.15, -0.1) is 0 Å². The summed E-state index contributed by atoms with van der Waals surface area (Å²) in [7, 11) is 1.44. The summed E-state index contributed by atoms with van der Waals surface area (Å²) in [5.41, 5.74) is 7.08. The molecule has 19 heavy (non-hydrogen) atoms. The molecule has 98 valence electrons. The molecule has 0 aromatic carbocycles. The van der Waals surface area contributed by atoms with E-state index in [-0.39, 0.29) is 17.6 Å². The van der Waals surface area contributed by atoms with Crippen molar-refractivity contribution >= 4 is 5.82 Å². The van der Waals surface area contributed by atoms with Crippen LogP contribution in [0.25, 0.3) is 0 Å². The summed E-state index contributed by atoms with van der Waals surface area (Å²) in [4.78, 5) is 3.98. The average molecular weight is 257 g/mol. The van der Waals surface area contributed by atoms with Gasteiger partial charge >= 0.3 is 0 Å². The highest BCUT2D eigenvalue weighted by molar-refractivity contribution is 5.63. The third kappa shape index (κ3) is 2.31. The number of nitrogens with zero attached hydrogens (tertiary/aromatic N) is 3. The van der Waals surface area contributed by atoms with Crippen molar-refractivity contribution in [2.24, 2.45) is 0 Å². The van der Waals surface area contributed by atoms with E-state index >= 15 is 0 Å². The first-order chi connectivity index (χ1) is 9.22. The second-order valence-electron chi connectivity index (χ2n) is 4.44. The number of nitriles is 2. The first kappa shape index (κ1) is 13.1. The molecule has 1 aromatic rings. The minimum atomic E-state index is 0.0947. The van der Waals surface area contributed by atoms with E-state index in [4.69, 9.17) is 10.5 Å². The van der Waals surface area contributed by atoms with Crippen LogP contribution in [0.15, 0.2) is 0 Å². The number of anilines is 1. The highest BCUT2D eigenvalue weighted by Gasteiger charge is 2.26. The number of nitrogens with two attached hydrogens (primary N) is 1. The largest absolute Gasteiger partial charge is 0.480 e. The van der Waals surface area contributed by atoms with E-state index in [1.165, 1.54) is 7.11 Å². The summed E-state index contributed by atoms with van der Waals surface area (Å²) in [6.07, 6.45) is 1.92. The molecule has 1 aliphatic heterocycles. The fourth-order valence-corrected chi connectivity index (χ4v) is 2.48. The quantitative estimate of drug-likeness (QED) is 0.814. The Labute approximate surface area is 111 Å². The number of pyridine rings is 1. The van der Waals surface area contributed by atoms with Crippen LogP contribution >= 0.6 is 0 Å². The number of ether oxygens (including phenoxy) is 1. The summed E-state index contributed by atoms with van der Waals surface area (Å²) < 4.78 is 5.10. The van der Waals surface area contributed by atoms with Gasteiger partial charge in [0.1, 0.15) is 23.5 Å². The summed E-state index contributed by atoms with van der Waals surface area (Å²) in [6.45, 7) is 1.69. The van der Waals surface area contributed by atoms with Crippen LogP contribution in [0, 0.1) is 22.7 Å². The van der Waals surface area contributed by atoms with Crippen LogP contribution in [0.4, 0.5) is 5.82 Å². The first-order valence-corrected chi connectivity index (χ1v) is 6.11. The van der Waals surface area contributed by atoms with E-state index in [0.29, 0.717) is 16.7 Å². The van der Waals surface area contributed by atoms with Crippen molar-refractivity contribution in [1.82, 2.24) is 10.3 Å². The average Bonchev–Trinajstić information content (AvgIpc) is 2.46. The van der Waals surface area contributed by atoms with E-state index in [0.717, 1.165) is 25.9 Å². The summed E-state index contributed by atoms with van der Waals surface area (Å²) in [5.74, 6) is 0.413. The summed E-state index contributed by atoms with van der Waals surface area (Å²) in [6, 6.07) is 4.16. The second kappa shape index (κ2) is 5.55. The maximum absolute atomic E-state index is 9.33. The number of nitrogen functional groups attached to an aromatic ring is 1. The third-order valence-electron chi connectivity index (χ3n) is 3.35. The zero-order chi connectivity index (χ0) is 13.8. The molecule has 0 saturated carbocycles. The highest BCUT2D eigenvalue weighted by atomic mass is 16.5. The van der Waals surface area contributed by atoms with Crippen LogP contribution < -0.4 is 15.8 Å². The topological polar surface area (TPSA) is 108 Å². The van der Waals surface area contributed by atoms with Gasteiger partial charge in [0, 0.05) is 12.1 Å². The molecule has 0 bridgehead atoms. The molecule has 1 saturated heterocycles. The van der Waals surface area contributed by atoms with E-state index in [9.17, 15) is 10.5 Å². The Kier molecular flexibility index (Phi) is 3.84. The van der Waals surface area contributed by atoms with Crippen molar-refractivity contribution < 1.29 is 4.74 Å². The lowest BCUT2D eigenvalue weighted by atomic mass is 9.86. The molecule has 1 fully saturated rings. The van der Waals surface area contributed by atoms with Crippen LogP contribution in [0.1, 0.15) is 35.4 Å². The molecule has 6 heteroatoms. The lowest BCUT2D eigenvalue weighted by Gasteiger charge is -2.25. The molecule has 1 atom stereocenters. The van der Waals surface area contributed by atoms with Crippen LogP contribution in [-0.2, 0) is 0 Å². The number of rotatable bonds is 2. The van der Waals surface area contributed by atoms with Gasteiger partial charge < -0.3 is 15.8 Å². The van der Waals surface area contributed by atoms with Crippen molar-refractivity contribution in [2.75, 3.05) is 25.9 Å². The molecule has 1 aromatic heterocycles. The zero-order valence-corrected chi connectivity index (χ0v) is 10.7. The molecule has 3 N–H and O–H groups in total. The van der Waals surface area contributed by atoms with Crippen LogP contribution in [0.2, 0.25) is 0 Å². The van der Waals surface area contributed by atoms with Gasteiger partial charge in [0.2, 0.25) is 5.88 Å². The van der Waals surface area contributed by atoms with Crippen molar-refractivity contribution in [3.8, 4) is 18.0 Å². The number of hydrogen-bond donors (Lipinski definition) is 2. The number of piperidine rings is 1. The Morgan fingerprint density at radius 3 is 2.63 bits per heavy atom. The summed E-state index contributed by atoms with van der Waals surface area (Å²) >= 11 is 0. The standard InChI is InChI=1S/C13H15N5O/c1-19-13-10(6-15)11(8-3-2-4-17-7-8)9(5-14)12(16)18-13/h8,17H,2-4,7H2,1H3,(H2,16,18). The predicted octanol–water partition coefficient (Wildman–Crippen LogP) is 0.883. The van der Waals surface area contributed by atoms with Crippen LogP contribution in [0.3, 0.4) is 0 Å². The van der Waals surface area contributed by atoms with Crippen LogP contribution in [-0.4, -0.2) is 25.2 Å². The normalized spacial score (nSPS) is 18.4. The van der Waals surface area contributed by atoms with Crippen LogP contribution in [0.5, 0.6) is 5.88 Å². The molecule has 0 spiro atoms. The fraction of sp³-hybridized carbons (Fsp3) is 0.462. The zero-order valence-electron chi connectivity index (χ0n) is 10.7. The Morgan fingerprint density at radius 2 is 2.11 bits per heavy atom. The Hall–Kier alpha value is -2.31. The monoisotopic (exact) mass is 257 g/mol. The molecule has 0 aliphatic carbocycles. The van der Waals surface area contributed by atoms with E-state index < -0.39 is 0 Å². The number of aromatic nitrogens is 1. The molecule has 1 unspecified atom stereocenters. The minimum absolute atomic E-state index is 0.0947. The van der Waals surface area contributed by atoms with Gasteiger partial charge in [-0.05, 0) is 25.3 Å². The van der Waals surface area contributed by atoms with E-state index in [1.54, 1.807) is 0 Å². The predicted molar refractivity (Wildman–Crippen MR) is 69.5 cm³/mol. The second-order valence-corrected chi connectivity index (χ2v) is 4.44. The van der Waals surface area contributed by atoms with Crippen molar-refractivity contribution in [2.45, 2.75) is 18.8 Å². The van der Waals surface area contributed by atoms with Gasteiger partial charge in [-0.3, -0.25) is 0 Å². The highest BCUT2D eigenvalue weighted by Crippen LogP contribution is 2.35. The molecule has 2 heterocycles. The minimum Gasteiger partial charge on any atom is -0.480 e. The van der Waals surface area contributed by atoms with Gasteiger partial charge in [-0.1, -0.05) is 0 Å². The molecular formula is C13H15N5O. The first-order valence-electron chi connectivity index (χ1n) is 6.11. The van der Waals surface area contributed by atoms with E-state index in [2.05, 4.69) is 22.4 Å². The number of methoxy groups -OCH3 is 1. The van der Waals surface area contributed by atoms with E-state index in [1.807, 2.05) is 0 Å². The van der Waals surface area contributed by atoms with Crippen molar-refractivity contribution in [1.29, 1.82) is 10.5 Å². The van der Waals surface area contributed by atoms with Gasteiger partial charge in [-0.2, -0.15) is 15.5 Å². The maximum Gasteiger partial charge on any atom is 0.233 e. The Morgan fingerprint density at radius 1 is 1.37 bits per heavy atom. The molecule has 6 nitrogen and oxygen atoms in total. The third-order valence-corrected chi connectivity index (χ3v) is 3.35. The summed E-state index contributed by atoms with van der Waals surface area (Å²) in [5, 5.41) is 21.9. The van der Waals surface area contributed by atoms with Gasteiger partial charge in [-0.25, -0.2) is 0 Å². The van der Waals surface area contributed by atoms with Gasteiger partial charge in [0.05, 0.1) is 12.7 Å². The molecule has 1 aliphatic rings. The maximum atomic E-state index is 9.33. The Balaban J connectivity index is 2.64. The lowest BCUT2D eigenvalue weighted by molar-refractivity contribution is 0.394. The number of hydrogen-bond acceptors (Lipinski definition) is 6. The smallest absolute Gasteiger partial charge is 0.233 e. The molecule has 0 amide bonds. The molecule has 2 rings (SSSR count). The molecule has 0 radical (unpaired) electrons. The SMILES string of the molecule is COc1nc(N)c(C#N)c(C2CCCNC2)c1C#N. The number of nitrogens with one attached hydrogen (secondary N) is 1. The van der Waals surface area contributed by atoms with Crippen molar-refractivity contribution in [3.63, 3.8) is 0 Å². The lowest BCUT2D eigenvalue weighted by Crippen LogP contribution is -2.29. The fourth-order valence-electron chi connectivity index (χ4n) is 2.48. The Bertz CT molecular complexity index is 564. The van der Waals surface area contributed by atoms with Gasteiger partial charge in [0.15, 0.2) is 0 Å².